The molecule has 0 radical (unpaired) electrons. The zero-order valence-corrected chi connectivity index (χ0v) is 11.5. The molecule has 1 aliphatic rings. The first-order chi connectivity index (χ1) is 9.22. The molecule has 120 valence electrons. The second-order valence-electron chi connectivity index (χ2n) is 4.60. The first-order valence-corrected chi connectivity index (χ1v) is 7.74. The largest absolute Gasteiger partial charge is 0.387 e. The maximum atomic E-state index is 10.4. The van der Waals surface area contributed by atoms with Crippen LogP contribution in [0.2, 0.25) is 0 Å². The van der Waals surface area contributed by atoms with Gasteiger partial charge in [0.25, 0.3) is 10.1 Å². The number of unbranched alkanes of at least 4 members (excludes halogenated alkanes) is 1. The standard InChI is InChI=1S/C10H20O9S/c11-7-6(19-10(14)9(13)8(7)12)5-18-3-1-2-4-20(15,16)17/h6-14H,1-5H2,(H,15,16,17)/t6-,7-,8+,9-,10+/m1/s1. The van der Waals surface area contributed by atoms with E-state index in [9.17, 15) is 28.8 Å². The monoisotopic (exact) mass is 316 g/mol. The normalized spacial score (nSPS) is 35.1. The molecule has 1 aliphatic heterocycles. The lowest BCUT2D eigenvalue weighted by Crippen LogP contribution is -2.58. The van der Waals surface area contributed by atoms with Gasteiger partial charge in [0.05, 0.1) is 12.4 Å². The first kappa shape index (κ1) is 17.7. The Morgan fingerprint density at radius 3 is 2.25 bits per heavy atom. The smallest absolute Gasteiger partial charge is 0.264 e. The third-order valence-corrected chi connectivity index (χ3v) is 3.71. The molecule has 0 aromatic rings. The van der Waals surface area contributed by atoms with Gasteiger partial charge in [-0.1, -0.05) is 0 Å². The van der Waals surface area contributed by atoms with Crippen LogP contribution >= 0.6 is 0 Å². The van der Waals surface area contributed by atoms with E-state index in [-0.39, 0.29) is 25.4 Å². The molecule has 20 heavy (non-hydrogen) atoms. The lowest BCUT2D eigenvalue weighted by atomic mass is 9.99. The number of hydrogen-bond acceptors (Lipinski definition) is 8. The molecule has 0 bridgehead atoms. The van der Waals surface area contributed by atoms with Crippen molar-refractivity contribution in [2.45, 2.75) is 43.5 Å². The second-order valence-corrected chi connectivity index (χ2v) is 6.18. The number of rotatable bonds is 7. The summed E-state index contributed by atoms with van der Waals surface area (Å²) < 4.78 is 39.4. The minimum Gasteiger partial charge on any atom is -0.387 e. The van der Waals surface area contributed by atoms with Crippen molar-refractivity contribution >= 4 is 10.1 Å². The summed E-state index contributed by atoms with van der Waals surface area (Å²) in [5.74, 6) is -0.359. The van der Waals surface area contributed by atoms with Gasteiger partial charge in [0.15, 0.2) is 6.29 Å². The Hall–Kier alpha value is -0.330. The van der Waals surface area contributed by atoms with Gasteiger partial charge in [0.2, 0.25) is 0 Å². The van der Waals surface area contributed by atoms with E-state index < -0.39 is 40.8 Å². The predicted octanol–water partition coefficient (Wildman–Crippen LogP) is -2.53. The molecule has 1 rings (SSSR count). The maximum Gasteiger partial charge on any atom is 0.264 e. The summed E-state index contributed by atoms with van der Waals surface area (Å²) >= 11 is 0. The molecule has 0 saturated carbocycles. The van der Waals surface area contributed by atoms with Crippen LogP contribution in [0, 0.1) is 0 Å². The molecule has 5 N–H and O–H groups in total. The predicted molar refractivity (Wildman–Crippen MR) is 65.4 cm³/mol. The van der Waals surface area contributed by atoms with Crippen LogP contribution in [-0.4, -0.2) is 83.1 Å². The van der Waals surface area contributed by atoms with Crippen LogP contribution in [0.15, 0.2) is 0 Å². The maximum absolute atomic E-state index is 10.4. The van der Waals surface area contributed by atoms with Crippen LogP contribution < -0.4 is 0 Å². The van der Waals surface area contributed by atoms with Crippen LogP contribution in [0.3, 0.4) is 0 Å². The van der Waals surface area contributed by atoms with Gasteiger partial charge in [-0.2, -0.15) is 8.42 Å². The fourth-order valence-corrected chi connectivity index (χ4v) is 2.33. The molecule has 10 heteroatoms. The molecule has 0 aliphatic carbocycles. The van der Waals surface area contributed by atoms with Gasteiger partial charge in [-0.15, -0.1) is 0 Å². The Morgan fingerprint density at radius 2 is 1.65 bits per heavy atom. The lowest BCUT2D eigenvalue weighted by molar-refractivity contribution is -0.288. The van der Waals surface area contributed by atoms with E-state index in [4.69, 9.17) is 14.0 Å². The third-order valence-electron chi connectivity index (χ3n) is 2.91. The van der Waals surface area contributed by atoms with Gasteiger partial charge in [-0.25, -0.2) is 0 Å². The molecule has 5 atom stereocenters. The number of hydrogen-bond donors (Lipinski definition) is 5. The summed E-state index contributed by atoms with van der Waals surface area (Å²) in [6.07, 6.45) is -6.53. The molecule has 0 unspecified atom stereocenters. The average molecular weight is 316 g/mol. The van der Waals surface area contributed by atoms with Crippen molar-refractivity contribution in [3.05, 3.63) is 0 Å². The van der Waals surface area contributed by atoms with E-state index in [0.29, 0.717) is 6.42 Å². The third kappa shape index (κ3) is 5.58. The van der Waals surface area contributed by atoms with E-state index in [1.807, 2.05) is 0 Å². The van der Waals surface area contributed by atoms with Crippen LogP contribution in [0.1, 0.15) is 12.8 Å². The molecule has 0 spiro atoms. The SMILES string of the molecule is O=S(=O)(O)CCCCOC[C@H]1O[C@H](O)[C@H](O)[C@@H](O)[C@@H]1O. The lowest BCUT2D eigenvalue weighted by Gasteiger charge is -2.38. The molecule has 0 aromatic carbocycles. The van der Waals surface area contributed by atoms with Crippen molar-refractivity contribution in [3.63, 3.8) is 0 Å². The van der Waals surface area contributed by atoms with Crippen molar-refractivity contribution in [3.8, 4) is 0 Å². The van der Waals surface area contributed by atoms with Gasteiger partial charge >= 0.3 is 0 Å². The van der Waals surface area contributed by atoms with Crippen molar-refractivity contribution in [1.29, 1.82) is 0 Å². The summed E-state index contributed by atoms with van der Waals surface area (Å²) in [6.45, 7) is 0.0325. The molecule has 1 fully saturated rings. The molecular formula is C10H20O9S. The van der Waals surface area contributed by atoms with Gasteiger partial charge in [-0.3, -0.25) is 4.55 Å². The fraction of sp³-hybridized carbons (Fsp3) is 1.00. The zero-order valence-electron chi connectivity index (χ0n) is 10.7. The van der Waals surface area contributed by atoms with Crippen LogP contribution in [0.5, 0.6) is 0 Å². The quantitative estimate of drug-likeness (QED) is 0.253. The highest BCUT2D eigenvalue weighted by atomic mass is 32.2. The summed E-state index contributed by atoms with van der Waals surface area (Å²) in [4.78, 5) is 0. The van der Waals surface area contributed by atoms with Crippen molar-refractivity contribution in [2.75, 3.05) is 19.0 Å². The number of aliphatic hydroxyl groups is 4. The van der Waals surface area contributed by atoms with Gasteiger partial charge < -0.3 is 29.9 Å². The van der Waals surface area contributed by atoms with Crippen LogP contribution in [0.25, 0.3) is 0 Å². The van der Waals surface area contributed by atoms with Crippen molar-refractivity contribution in [2.24, 2.45) is 0 Å². The summed E-state index contributed by atoms with van der Waals surface area (Å²) in [5, 5.41) is 37.5. The van der Waals surface area contributed by atoms with Crippen molar-refractivity contribution in [1.82, 2.24) is 0 Å². The van der Waals surface area contributed by atoms with Crippen molar-refractivity contribution < 1.29 is 42.9 Å². The van der Waals surface area contributed by atoms with E-state index in [2.05, 4.69) is 0 Å². The molecule has 1 heterocycles. The van der Waals surface area contributed by atoms with Crippen LogP contribution in [-0.2, 0) is 19.6 Å². The van der Waals surface area contributed by atoms with Gasteiger partial charge in [0.1, 0.15) is 24.4 Å². The summed E-state index contributed by atoms with van der Waals surface area (Å²) in [5.41, 5.74) is 0. The number of ether oxygens (including phenoxy) is 2. The molecule has 1 saturated heterocycles. The van der Waals surface area contributed by atoms with Gasteiger partial charge in [0, 0.05) is 6.61 Å². The molecule has 0 amide bonds. The molecule has 0 aromatic heterocycles. The average Bonchev–Trinajstić information content (AvgIpc) is 2.35. The highest BCUT2D eigenvalue weighted by Gasteiger charge is 2.42. The Bertz CT molecular complexity index is 384. The Kier molecular flexibility index (Phi) is 6.75. The fourth-order valence-electron chi connectivity index (χ4n) is 1.76. The van der Waals surface area contributed by atoms with E-state index >= 15 is 0 Å². The molecular weight excluding hydrogens is 296 g/mol. The van der Waals surface area contributed by atoms with E-state index in [0.717, 1.165) is 0 Å². The van der Waals surface area contributed by atoms with Gasteiger partial charge in [-0.05, 0) is 12.8 Å². The summed E-state index contributed by atoms with van der Waals surface area (Å²) in [6, 6.07) is 0. The minimum absolute atomic E-state index is 0.131. The topological polar surface area (TPSA) is 154 Å². The minimum atomic E-state index is -3.98. The van der Waals surface area contributed by atoms with E-state index in [1.54, 1.807) is 0 Å². The highest BCUT2D eigenvalue weighted by molar-refractivity contribution is 7.85. The Balaban J connectivity index is 2.21. The zero-order chi connectivity index (χ0) is 15.3. The number of aliphatic hydroxyl groups excluding tert-OH is 4. The molecule has 9 nitrogen and oxygen atoms in total. The van der Waals surface area contributed by atoms with E-state index in [1.165, 1.54) is 0 Å². The highest BCUT2D eigenvalue weighted by Crippen LogP contribution is 2.20. The summed E-state index contributed by atoms with van der Waals surface area (Å²) in [7, 11) is -3.98. The Morgan fingerprint density at radius 1 is 1.00 bits per heavy atom. The second kappa shape index (κ2) is 7.61. The van der Waals surface area contributed by atoms with Crippen LogP contribution in [0.4, 0.5) is 0 Å². The Labute approximate surface area is 116 Å². The first-order valence-electron chi connectivity index (χ1n) is 6.13.